The third kappa shape index (κ3) is 3.07. The van der Waals surface area contributed by atoms with Crippen LogP contribution in [0.2, 0.25) is 0 Å². The Morgan fingerprint density at radius 1 is 1.04 bits per heavy atom. The number of fused-ring (bicyclic) bond motifs is 1. The number of likely N-dealkylation sites (tertiary alicyclic amines) is 1. The second-order valence-electron chi connectivity index (χ2n) is 6.33. The molecule has 0 bridgehead atoms. The minimum absolute atomic E-state index is 0.0998. The molecule has 1 aliphatic heterocycles. The average molecular weight is 373 g/mol. The second kappa shape index (κ2) is 6.22. The van der Waals surface area contributed by atoms with Crippen molar-refractivity contribution in [3.05, 3.63) is 70.1 Å². The molecule has 2 aromatic carbocycles. The van der Waals surface area contributed by atoms with E-state index in [1.165, 1.54) is 16.7 Å². The molecule has 1 amide bonds. The van der Waals surface area contributed by atoms with Crippen LogP contribution in [0.4, 0.5) is 13.2 Å². The van der Waals surface area contributed by atoms with Gasteiger partial charge in [0.2, 0.25) is 0 Å². The van der Waals surface area contributed by atoms with Crippen molar-refractivity contribution in [3.63, 3.8) is 0 Å². The van der Waals surface area contributed by atoms with Crippen LogP contribution in [0.3, 0.4) is 0 Å². The Kier molecular flexibility index (Phi) is 3.98. The summed E-state index contributed by atoms with van der Waals surface area (Å²) < 4.78 is 39.6. The standard InChI is InChI=1S/C19H14F3N3O2/c20-19(21,22)13-3-5-14(6-4-13)25-16-7-2-12(18(27)24-8-1-9-24)10-15(16)23-11-17(25)26/h2-7,10-11H,1,8-9H2. The van der Waals surface area contributed by atoms with Gasteiger partial charge in [-0.1, -0.05) is 0 Å². The Morgan fingerprint density at radius 3 is 2.33 bits per heavy atom. The topological polar surface area (TPSA) is 55.2 Å². The van der Waals surface area contributed by atoms with Crippen molar-refractivity contribution in [3.8, 4) is 5.69 Å². The number of carbonyl (C=O) groups excluding carboxylic acids is 1. The zero-order valence-corrected chi connectivity index (χ0v) is 14.0. The summed E-state index contributed by atoms with van der Waals surface area (Å²) in [6, 6.07) is 9.12. The van der Waals surface area contributed by atoms with E-state index in [1.807, 2.05) is 0 Å². The molecule has 4 rings (SSSR count). The number of alkyl halides is 3. The Morgan fingerprint density at radius 2 is 1.74 bits per heavy atom. The van der Waals surface area contributed by atoms with E-state index >= 15 is 0 Å². The highest BCUT2D eigenvalue weighted by Gasteiger charge is 2.30. The van der Waals surface area contributed by atoms with Crippen molar-refractivity contribution in [2.45, 2.75) is 12.6 Å². The van der Waals surface area contributed by atoms with Gasteiger partial charge in [0.05, 0.1) is 22.8 Å². The van der Waals surface area contributed by atoms with E-state index in [1.54, 1.807) is 23.1 Å². The quantitative estimate of drug-likeness (QED) is 0.693. The minimum Gasteiger partial charge on any atom is -0.339 e. The molecule has 1 aromatic heterocycles. The molecule has 0 aliphatic carbocycles. The molecule has 1 fully saturated rings. The summed E-state index contributed by atoms with van der Waals surface area (Å²) in [4.78, 5) is 30.4. The molecule has 1 saturated heterocycles. The van der Waals surface area contributed by atoms with Crippen LogP contribution in [0.15, 0.2) is 53.5 Å². The number of hydrogen-bond acceptors (Lipinski definition) is 3. The third-order valence-electron chi connectivity index (χ3n) is 4.59. The van der Waals surface area contributed by atoms with E-state index in [9.17, 15) is 22.8 Å². The molecule has 3 aromatic rings. The van der Waals surface area contributed by atoms with Crippen LogP contribution in [0.25, 0.3) is 16.7 Å². The third-order valence-corrected chi connectivity index (χ3v) is 4.59. The number of carbonyl (C=O) groups is 1. The van der Waals surface area contributed by atoms with Crippen molar-refractivity contribution >= 4 is 16.9 Å². The molecule has 1 aliphatic rings. The van der Waals surface area contributed by atoms with Crippen LogP contribution in [0, 0.1) is 0 Å². The monoisotopic (exact) mass is 373 g/mol. The maximum Gasteiger partial charge on any atom is 0.416 e. The second-order valence-corrected chi connectivity index (χ2v) is 6.33. The molecule has 0 atom stereocenters. The van der Waals surface area contributed by atoms with Gasteiger partial charge in [-0.15, -0.1) is 0 Å². The molecular weight excluding hydrogens is 359 g/mol. The van der Waals surface area contributed by atoms with Crippen molar-refractivity contribution in [2.24, 2.45) is 0 Å². The lowest BCUT2D eigenvalue weighted by Gasteiger charge is -2.30. The summed E-state index contributed by atoms with van der Waals surface area (Å²) in [6.45, 7) is 1.44. The van der Waals surface area contributed by atoms with Gasteiger partial charge in [0.25, 0.3) is 11.5 Å². The van der Waals surface area contributed by atoms with Crippen molar-refractivity contribution in [2.75, 3.05) is 13.1 Å². The highest BCUT2D eigenvalue weighted by Crippen LogP contribution is 2.30. The van der Waals surface area contributed by atoms with Crippen LogP contribution < -0.4 is 5.56 Å². The lowest BCUT2D eigenvalue weighted by Crippen LogP contribution is -2.42. The summed E-state index contributed by atoms with van der Waals surface area (Å²) in [7, 11) is 0. The van der Waals surface area contributed by atoms with Gasteiger partial charge in [0.15, 0.2) is 0 Å². The summed E-state index contributed by atoms with van der Waals surface area (Å²) in [5.74, 6) is -0.0998. The lowest BCUT2D eigenvalue weighted by atomic mass is 10.1. The van der Waals surface area contributed by atoms with E-state index in [4.69, 9.17) is 0 Å². The molecule has 0 radical (unpaired) electrons. The van der Waals surface area contributed by atoms with E-state index in [2.05, 4.69) is 4.98 Å². The van der Waals surface area contributed by atoms with Crippen LogP contribution in [-0.4, -0.2) is 33.4 Å². The first-order chi connectivity index (χ1) is 12.8. The Hall–Kier alpha value is -3.16. The first-order valence-corrected chi connectivity index (χ1v) is 8.33. The number of halogens is 3. The van der Waals surface area contributed by atoms with Gasteiger partial charge >= 0.3 is 6.18 Å². The fourth-order valence-corrected chi connectivity index (χ4v) is 3.02. The largest absolute Gasteiger partial charge is 0.416 e. The van der Waals surface area contributed by atoms with Crippen LogP contribution in [-0.2, 0) is 6.18 Å². The molecule has 0 spiro atoms. The molecule has 8 heteroatoms. The molecule has 0 saturated carbocycles. The van der Waals surface area contributed by atoms with Crippen LogP contribution in [0.1, 0.15) is 22.3 Å². The predicted molar refractivity (Wildman–Crippen MR) is 92.9 cm³/mol. The van der Waals surface area contributed by atoms with Gasteiger partial charge in [-0.3, -0.25) is 14.2 Å². The number of hydrogen-bond donors (Lipinski definition) is 0. The highest BCUT2D eigenvalue weighted by molar-refractivity contribution is 5.97. The average Bonchev–Trinajstić information content (AvgIpc) is 2.59. The molecule has 0 unspecified atom stereocenters. The number of amides is 1. The fourth-order valence-electron chi connectivity index (χ4n) is 3.02. The Bertz CT molecular complexity index is 1080. The van der Waals surface area contributed by atoms with Gasteiger partial charge in [0.1, 0.15) is 0 Å². The van der Waals surface area contributed by atoms with Gasteiger partial charge in [0, 0.05) is 24.3 Å². The SMILES string of the molecule is O=C(c1ccc2c(c1)ncc(=O)n2-c1ccc(C(F)(F)F)cc1)N1CCC1. The van der Waals surface area contributed by atoms with Crippen molar-refractivity contribution in [1.29, 1.82) is 0 Å². The van der Waals surface area contributed by atoms with E-state index in [-0.39, 0.29) is 5.91 Å². The summed E-state index contributed by atoms with van der Waals surface area (Å²) in [5.41, 5.74) is 0.335. The van der Waals surface area contributed by atoms with Gasteiger partial charge in [-0.2, -0.15) is 13.2 Å². The van der Waals surface area contributed by atoms with Gasteiger partial charge in [-0.25, -0.2) is 4.98 Å². The molecule has 5 nitrogen and oxygen atoms in total. The minimum atomic E-state index is -4.45. The maximum absolute atomic E-state index is 12.8. The number of benzene rings is 2. The van der Waals surface area contributed by atoms with Gasteiger partial charge < -0.3 is 4.90 Å². The zero-order chi connectivity index (χ0) is 19.2. The maximum atomic E-state index is 12.8. The van der Waals surface area contributed by atoms with E-state index in [0.29, 0.717) is 22.3 Å². The van der Waals surface area contributed by atoms with Crippen molar-refractivity contribution < 1.29 is 18.0 Å². The Balaban J connectivity index is 1.79. The van der Waals surface area contributed by atoms with Crippen LogP contribution in [0.5, 0.6) is 0 Å². The first-order valence-electron chi connectivity index (χ1n) is 8.33. The lowest BCUT2D eigenvalue weighted by molar-refractivity contribution is -0.137. The number of nitrogens with zero attached hydrogens (tertiary/aromatic N) is 3. The van der Waals surface area contributed by atoms with Gasteiger partial charge in [-0.05, 0) is 48.9 Å². The molecule has 27 heavy (non-hydrogen) atoms. The number of aromatic nitrogens is 2. The summed E-state index contributed by atoms with van der Waals surface area (Å²) >= 11 is 0. The normalized spacial score (nSPS) is 14.3. The smallest absolute Gasteiger partial charge is 0.339 e. The van der Waals surface area contributed by atoms with Crippen LogP contribution >= 0.6 is 0 Å². The highest BCUT2D eigenvalue weighted by atomic mass is 19.4. The van der Waals surface area contributed by atoms with E-state index < -0.39 is 17.3 Å². The summed E-state index contributed by atoms with van der Waals surface area (Å²) in [6.07, 6.45) is -2.38. The molecule has 2 heterocycles. The molecule has 0 N–H and O–H groups in total. The number of rotatable bonds is 2. The molecule has 138 valence electrons. The van der Waals surface area contributed by atoms with Crippen molar-refractivity contribution in [1.82, 2.24) is 14.5 Å². The zero-order valence-electron chi connectivity index (χ0n) is 14.0. The molecular formula is C19H14F3N3O2. The fraction of sp³-hybridized carbons (Fsp3) is 0.211. The predicted octanol–water partition coefficient (Wildman–Crippen LogP) is 3.25. The first kappa shape index (κ1) is 17.3. The summed E-state index contributed by atoms with van der Waals surface area (Å²) in [5, 5.41) is 0. The van der Waals surface area contributed by atoms with E-state index in [0.717, 1.165) is 37.8 Å². The Labute approximate surface area is 151 Å².